The van der Waals surface area contributed by atoms with E-state index in [1.54, 1.807) is 11.3 Å². The van der Waals surface area contributed by atoms with Gasteiger partial charge in [0.2, 0.25) is 5.91 Å². The van der Waals surface area contributed by atoms with Gasteiger partial charge in [0.15, 0.2) is 5.13 Å². The average molecular weight is 284 g/mol. The molecule has 20 heavy (non-hydrogen) atoms. The molecule has 102 valence electrons. The molecular weight excluding hydrogens is 268 g/mol. The maximum absolute atomic E-state index is 12.4. The zero-order valence-corrected chi connectivity index (χ0v) is 12.0. The van der Waals surface area contributed by atoms with Crippen LogP contribution in [0, 0.1) is 5.92 Å². The minimum Gasteiger partial charge on any atom is -0.285 e. The third kappa shape index (κ3) is 1.86. The lowest BCUT2D eigenvalue weighted by atomic mass is 9.79. The number of fused-ring (bicyclic) bond motifs is 3. The summed E-state index contributed by atoms with van der Waals surface area (Å²) in [6.45, 7) is 0. The Labute approximate surface area is 122 Å². The Kier molecular flexibility index (Phi) is 2.84. The Morgan fingerprint density at radius 2 is 1.85 bits per heavy atom. The van der Waals surface area contributed by atoms with Crippen LogP contribution in [-0.2, 0) is 4.79 Å². The minimum absolute atomic E-state index is 0.240. The molecule has 0 N–H and O–H groups in total. The Balaban J connectivity index is 1.67. The largest absolute Gasteiger partial charge is 0.285 e. The van der Waals surface area contributed by atoms with E-state index in [1.807, 2.05) is 23.1 Å². The van der Waals surface area contributed by atoms with Crippen molar-refractivity contribution in [1.29, 1.82) is 0 Å². The van der Waals surface area contributed by atoms with Gasteiger partial charge in [-0.2, -0.15) is 0 Å². The Hall–Kier alpha value is -1.68. The van der Waals surface area contributed by atoms with Gasteiger partial charge in [-0.1, -0.05) is 30.3 Å². The van der Waals surface area contributed by atoms with Gasteiger partial charge in [0, 0.05) is 22.9 Å². The number of carbonyl (C=O) groups is 1. The number of hydrogen-bond acceptors (Lipinski definition) is 3. The first kappa shape index (κ1) is 12.1. The second-order valence-electron chi connectivity index (χ2n) is 5.60. The summed E-state index contributed by atoms with van der Waals surface area (Å²) >= 11 is 1.59. The number of nitrogens with zero attached hydrogens (tertiary/aromatic N) is 2. The van der Waals surface area contributed by atoms with Crippen LogP contribution in [0.2, 0.25) is 0 Å². The van der Waals surface area contributed by atoms with Gasteiger partial charge < -0.3 is 0 Å². The van der Waals surface area contributed by atoms with Crippen molar-refractivity contribution in [2.24, 2.45) is 5.92 Å². The van der Waals surface area contributed by atoms with Gasteiger partial charge in [-0.05, 0) is 25.7 Å². The predicted molar refractivity (Wildman–Crippen MR) is 80.8 cm³/mol. The number of aromatic nitrogens is 1. The van der Waals surface area contributed by atoms with Crippen LogP contribution in [0.15, 0.2) is 35.7 Å². The normalized spacial score (nSPS) is 25.2. The number of thiazole rings is 1. The molecule has 1 amide bonds. The number of benzene rings is 1. The third-order valence-corrected chi connectivity index (χ3v) is 5.26. The van der Waals surface area contributed by atoms with Gasteiger partial charge in [-0.15, -0.1) is 11.3 Å². The zero-order chi connectivity index (χ0) is 13.5. The van der Waals surface area contributed by atoms with Gasteiger partial charge >= 0.3 is 0 Å². The molecule has 1 aromatic carbocycles. The monoisotopic (exact) mass is 284 g/mol. The molecule has 0 unspecified atom stereocenters. The molecule has 0 radical (unpaired) electrons. The molecule has 0 spiro atoms. The molecule has 1 saturated carbocycles. The molecule has 0 atom stereocenters. The van der Waals surface area contributed by atoms with Gasteiger partial charge in [-0.3, -0.25) is 9.69 Å². The molecule has 5 rings (SSSR count). The molecule has 1 aliphatic carbocycles. The lowest BCUT2D eigenvalue weighted by Gasteiger charge is -2.43. The highest BCUT2D eigenvalue weighted by molar-refractivity contribution is 7.14. The van der Waals surface area contributed by atoms with Crippen molar-refractivity contribution in [2.45, 2.75) is 31.7 Å². The molecule has 3 nitrogen and oxygen atoms in total. The van der Waals surface area contributed by atoms with E-state index < -0.39 is 0 Å². The zero-order valence-electron chi connectivity index (χ0n) is 11.2. The lowest BCUT2D eigenvalue weighted by Crippen LogP contribution is -2.52. The van der Waals surface area contributed by atoms with E-state index in [2.05, 4.69) is 17.5 Å². The Morgan fingerprint density at radius 1 is 1.10 bits per heavy atom. The van der Waals surface area contributed by atoms with Gasteiger partial charge in [0.05, 0.1) is 5.69 Å². The van der Waals surface area contributed by atoms with Crippen LogP contribution in [0.25, 0.3) is 11.3 Å². The third-order valence-electron chi connectivity index (χ3n) is 4.42. The maximum atomic E-state index is 12.4. The second-order valence-corrected chi connectivity index (χ2v) is 6.43. The summed E-state index contributed by atoms with van der Waals surface area (Å²) in [6.07, 6.45) is 4.40. The van der Waals surface area contributed by atoms with E-state index in [0.29, 0.717) is 11.9 Å². The molecule has 2 aliphatic heterocycles. The van der Waals surface area contributed by atoms with E-state index in [1.165, 1.54) is 0 Å². The van der Waals surface area contributed by atoms with Crippen molar-refractivity contribution >= 4 is 22.4 Å². The Bertz CT molecular complexity index is 629. The molecule has 1 aromatic heterocycles. The SMILES string of the molecule is O=C1C2CCC(CC2)N1c1nc(-c2ccccc2)cs1. The molecule has 3 fully saturated rings. The number of hydrogen-bond donors (Lipinski definition) is 0. The number of anilines is 1. The molecule has 4 heteroatoms. The minimum atomic E-state index is 0.240. The molecule has 3 heterocycles. The summed E-state index contributed by atoms with van der Waals surface area (Å²) < 4.78 is 0. The van der Waals surface area contributed by atoms with Crippen molar-refractivity contribution in [3.63, 3.8) is 0 Å². The first-order valence-corrected chi connectivity index (χ1v) is 8.05. The topological polar surface area (TPSA) is 33.2 Å². The van der Waals surface area contributed by atoms with Crippen LogP contribution >= 0.6 is 11.3 Å². The van der Waals surface area contributed by atoms with E-state index in [9.17, 15) is 4.79 Å². The summed E-state index contributed by atoms with van der Waals surface area (Å²) in [5, 5.41) is 2.93. The Morgan fingerprint density at radius 3 is 2.55 bits per heavy atom. The van der Waals surface area contributed by atoms with Gasteiger partial charge in [0.1, 0.15) is 0 Å². The van der Waals surface area contributed by atoms with E-state index in [-0.39, 0.29) is 5.92 Å². The molecular formula is C16H16N2OS. The fourth-order valence-electron chi connectivity index (χ4n) is 3.32. The van der Waals surface area contributed by atoms with Crippen LogP contribution in [0.4, 0.5) is 5.13 Å². The van der Waals surface area contributed by atoms with Crippen LogP contribution in [-0.4, -0.2) is 16.9 Å². The van der Waals surface area contributed by atoms with Gasteiger partial charge in [0.25, 0.3) is 0 Å². The number of rotatable bonds is 2. The van der Waals surface area contributed by atoms with Crippen molar-refractivity contribution in [3.05, 3.63) is 35.7 Å². The standard InChI is InChI=1S/C16H16N2OS/c19-15-12-6-8-13(9-7-12)18(15)16-17-14(10-20-16)11-4-2-1-3-5-11/h1-5,10,12-13H,6-9H2. The maximum Gasteiger partial charge on any atom is 0.232 e. The first-order valence-electron chi connectivity index (χ1n) is 7.17. The van der Waals surface area contributed by atoms with Crippen LogP contribution in [0.5, 0.6) is 0 Å². The smallest absolute Gasteiger partial charge is 0.232 e. The highest BCUT2D eigenvalue weighted by atomic mass is 32.1. The second kappa shape index (κ2) is 4.70. The molecule has 2 aromatic rings. The highest BCUT2D eigenvalue weighted by Gasteiger charge is 2.42. The van der Waals surface area contributed by atoms with Crippen molar-refractivity contribution in [2.75, 3.05) is 4.90 Å². The first-order chi connectivity index (χ1) is 9.83. The number of carbonyl (C=O) groups excluding carboxylic acids is 1. The average Bonchev–Trinajstić information content (AvgIpc) is 2.99. The number of piperidine rings is 2. The van der Waals surface area contributed by atoms with E-state index in [0.717, 1.165) is 42.1 Å². The number of amides is 1. The quantitative estimate of drug-likeness (QED) is 0.842. The highest BCUT2D eigenvalue weighted by Crippen LogP contribution is 2.40. The summed E-state index contributed by atoms with van der Waals surface area (Å²) in [5.74, 6) is 0.533. The summed E-state index contributed by atoms with van der Waals surface area (Å²) in [4.78, 5) is 19.1. The van der Waals surface area contributed by atoms with Crippen molar-refractivity contribution < 1.29 is 4.79 Å². The van der Waals surface area contributed by atoms with Crippen LogP contribution in [0.1, 0.15) is 25.7 Å². The predicted octanol–water partition coefficient (Wildman–Crippen LogP) is 3.72. The van der Waals surface area contributed by atoms with Crippen LogP contribution in [0.3, 0.4) is 0 Å². The fourth-order valence-corrected chi connectivity index (χ4v) is 4.23. The fraction of sp³-hybridized carbons (Fsp3) is 0.375. The molecule has 2 bridgehead atoms. The summed E-state index contributed by atoms with van der Waals surface area (Å²) in [5.41, 5.74) is 2.09. The van der Waals surface area contributed by atoms with Crippen LogP contribution < -0.4 is 4.90 Å². The van der Waals surface area contributed by atoms with Crippen molar-refractivity contribution in [1.82, 2.24) is 4.98 Å². The van der Waals surface area contributed by atoms with Gasteiger partial charge in [-0.25, -0.2) is 4.98 Å². The van der Waals surface area contributed by atoms with Crippen molar-refractivity contribution in [3.8, 4) is 11.3 Å². The van der Waals surface area contributed by atoms with E-state index in [4.69, 9.17) is 4.98 Å². The lowest BCUT2D eigenvalue weighted by molar-refractivity contribution is -0.126. The van der Waals surface area contributed by atoms with E-state index >= 15 is 0 Å². The summed E-state index contributed by atoms with van der Waals surface area (Å²) in [7, 11) is 0. The molecule has 3 aliphatic rings. The summed E-state index contributed by atoms with van der Waals surface area (Å²) in [6, 6.07) is 10.5. The molecule has 2 saturated heterocycles.